The standard InChI is InChI=1S/C12H17NO2/c1-3-11(12(14)15-4-2)9-10-5-7-13-8-6-10/h5-8,11H,3-4,9H2,1-2H3. The molecular weight excluding hydrogens is 190 g/mol. The highest BCUT2D eigenvalue weighted by Crippen LogP contribution is 2.13. The molecule has 3 nitrogen and oxygen atoms in total. The second-order valence-corrected chi connectivity index (χ2v) is 3.42. The molecular formula is C12H17NO2. The molecule has 0 aliphatic carbocycles. The lowest BCUT2D eigenvalue weighted by Crippen LogP contribution is -2.19. The van der Waals surface area contributed by atoms with Crippen LogP contribution in [0.2, 0.25) is 0 Å². The second kappa shape index (κ2) is 6.17. The number of nitrogens with zero attached hydrogens (tertiary/aromatic N) is 1. The Labute approximate surface area is 90.5 Å². The summed E-state index contributed by atoms with van der Waals surface area (Å²) >= 11 is 0. The molecule has 1 aromatic rings. The average Bonchev–Trinajstić information content (AvgIpc) is 2.27. The van der Waals surface area contributed by atoms with Gasteiger partial charge in [0.1, 0.15) is 0 Å². The van der Waals surface area contributed by atoms with E-state index in [1.807, 2.05) is 26.0 Å². The number of pyridine rings is 1. The second-order valence-electron chi connectivity index (χ2n) is 3.42. The van der Waals surface area contributed by atoms with Crippen LogP contribution < -0.4 is 0 Å². The number of rotatable bonds is 5. The molecule has 0 aliphatic heterocycles. The van der Waals surface area contributed by atoms with Gasteiger partial charge in [0.25, 0.3) is 0 Å². The van der Waals surface area contributed by atoms with Crippen LogP contribution >= 0.6 is 0 Å². The quantitative estimate of drug-likeness (QED) is 0.695. The molecule has 0 saturated carbocycles. The Morgan fingerprint density at radius 1 is 1.40 bits per heavy atom. The summed E-state index contributed by atoms with van der Waals surface area (Å²) < 4.78 is 5.01. The Hall–Kier alpha value is -1.38. The molecule has 3 heteroatoms. The fraction of sp³-hybridized carbons (Fsp3) is 0.500. The number of hydrogen-bond donors (Lipinski definition) is 0. The maximum atomic E-state index is 11.5. The van der Waals surface area contributed by atoms with Crippen molar-refractivity contribution in [1.82, 2.24) is 4.98 Å². The molecule has 1 aromatic heterocycles. The molecule has 1 heterocycles. The average molecular weight is 207 g/mol. The van der Waals surface area contributed by atoms with Gasteiger partial charge in [0, 0.05) is 12.4 Å². The lowest BCUT2D eigenvalue weighted by Gasteiger charge is -2.12. The van der Waals surface area contributed by atoms with E-state index in [2.05, 4.69) is 4.98 Å². The van der Waals surface area contributed by atoms with Gasteiger partial charge in [0.15, 0.2) is 0 Å². The van der Waals surface area contributed by atoms with Crippen LogP contribution in [0.3, 0.4) is 0 Å². The van der Waals surface area contributed by atoms with Gasteiger partial charge in [-0.15, -0.1) is 0 Å². The van der Waals surface area contributed by atoms with Crippen LogP contribution in [0, 0.1) is 5.92 Å². The van der Waals surface area contributed by atoms with Crippen molar-refractivity contribution in [2.24, 2.45) is 5.92 Å². The zero-order valence-corrected chi connectivity index (χ0v) is 9.27. The Morgan fingerprint density at radius 3 is 2.60 bits per heavy atom. The van der Waals surface area contributed by atoms with Crippen molar-refractivity contribution in [2.45, 2.75) is 26.7 Å². The summed E-state index contributed by atoms with van der Waals surface area (Å²) in [6.45, 7) is 4.28. The van der Waals surface area contributed by atoms with E-state index in [4.69, 9.17) is 4.74 Å². The number of carbonyl (C=O) groups excluding carboxylic acids is 1. The van der Waals surface area contributed by atoms with E-state index in [9.17, 15) is 4.79 Å². The van der Waals surface area contributed by atoms with E-state index in [0.29, 0.717) is 6.61 Å². The van der Waals surface area contributed by atoms with Crippen molar-refractivity contribution in [2.75, 3.05) is 6.61 Å². The predicted molar refractivity (Wildman–Crippen MR) is 58.4 cm³/mol. The monoisotopic (exact) mass is 207 g/mol. The van der Waals surface area contributed by atoms with Gasteiger partial charge in [0.2, 0.25) is 0 Å². The van der Waals surface area contributed by atoms with Gasteiger partial charge in [-0.3, -0.25) is 9.78 Å². The molecule has 1 unspecified atom stereocenters. The molecule has 0 aliphatic rings. The van der Waals surface area contributed by atoms with Crippen LogP contribution in [0.25, 0.3) is 0 Å². The molecule has 1 atom stereocenters. The van der Waals surface area contributed by atoms with Gasteiger partial charge >= 0.3 is 5.97 Å². The molecule has 0 aromatic carbocycles. The fourth-order valence-electron chi connectivity index (χ4n) is 1.46. The molecule has 0 spiro atoms. The Bertz CT molecular complexity index is 298. The highest BCUT2D eigenvalue weighted by atomic mass is 16.5. The first-order valence-corrected chi connectivity index (χ1v) is 5.33. The van der Waals surface area contributed by atoms with E-state index in [0.717, 1.165) is 18.4 Å². The molecule has 0 saturated heterocycles. The van der Waals surface area contributed by atoms with E-state index in [-0.39, 0.29) is 11.9 Å². The van der Waals surface area contributed by atoms with Gasteiger partial charge in [-0.25, -0.2) is 0 Å². The first-order chi connectivity index (χ1) is 7.27. The van der Waals surface area contributed by atoms with Gasteiger partial charge < -0.3 is 4.74 Å². The van der Waals surface area contributed by atoms with Crippen molar-refractivity contribution in [3.63, 3.8) is 0 Å². The summed E-state index contributed by atoms with van der Waals surface area (Å²) in [5, 5.41) is 0. The summed E-state index contributed by atoms with van der Waals surface area (Å²) in [7, 11) is 0. The number of aromatic nitrogens is 1. The van der Waals surface area contributed by atoms with Crippen molar-refractivity contribution in [1.29, 1.82) is 0 Å². The van der Waals surface area contributed by atoms with Crippen molar-refractivity contribution < 1.29 is 9.53 Å². The van der Waals surface area contributed by atoms with Gasteiger partial charge in [0.05, 0.1) is 12.5 Å². The zero-order valence-electron chi connectivity index (χ0n) is 9.27. The third-order valence-electron chi connectivity index (χ3n) is 2.34. The minimum atomic E-state index is -0.100. The Balaban J connectivity index is 2.58. The van der Waals surface area contributed by atoms with E-state index < -0.39 is 0 Å². The maximum Gasteiger partial charge on any atom is 0.309 e. The van der Waals surface area contributed by atoms with Gasteiger partial charge in [-0.05, 0) is 37.5 Å². The summed E-state index contributed by atoms with van der Waals surface area (Å²) in [5.74, 6) is -0.135. The Kier molecular flexibility index (Phi) is 4.81. The predicted octanol–water partition coefficient (Wildman–Crippen LogP) is 2.21. The Morgan fingerprint density at radius 2 is 2.07 bits per heavy atom. The fourth-order valence-corrected chi connectivity index (χ4v) is 1.46. The molecule has 1 rings (SSSR count). The van der Waals surface area contributed by atoms with Crippen molar-refractivity contribution in [3.8, 4) is 0 Å². The van der Waals surface area contributed by atoms with Gasteiger partial charge in [-0.2, -0.15) is 0 Å². The minimum Gasteiger partial charge on any atom is -0.466 e. The van der Waals surface area contributed by atoms with Crippen LogP contribution in [0.15, 0.2) is 24.5 Å². The highest BCUT2D eigenvalue weighted by molar-refractivity contribution is 5.72. The van der Waals surface area contributed by atoms with Gasteiger partial charge in [-0.1, -0.05) is 6.92 Å². The third kappa shape index (κ3) is 3.70. The molecule has 0 N–H and O–H groups in total. The van der Waals surface area contributed by atoms with Crippen molar-refractivity contribution >= 4 is 5.97 Å². The van der Waals surface area contributed by atoms with Crippen LogP contribution in [-0.4, -0.2) is 17.6 Å². The lowest BCUT2D eigenvalue weighted by atomic mass is 9.98. The number of hydrogen-bond acceptors (Lipinski definition) is 3. The van der Waals surface area contributed by atoms with E-state index in [1.165, 1.54) is 0 Å². The summed E-state index contributed by atoms with van der Waals surface area (Å²) in [4.78, 5) is 15.5. The minimum absolute atomic E-state index is 0.0349. The smallest absolute Gasteiger partial charge is 0.309 e. The third-order valence-corrected chi connectivity index (χ3v) is 2.34. The molecule has 15 heavy (non-hydrogen) atoms. The molecule has 82 valence electrons. The normalized spacial score (nSPS) is 12.1. The van der Waals surface area contributed by atoms with Crippen LogP contribution in [-0.2, 0) is 16.0 Å². The largest absolute Gasteiger partial charge is 0.466 e. The first-order valence-electron chi connectivity index (χ1n) is 5.33. The van der Waals surface area contributed by atoms with Crippen LogP contribution in [0.5, 0.6) is 0 Å². The summed E-state index contributed by atoms with van der Waals surface area (Å²) in [6.07, 6.45) is 5.03. The van der Waals surface area contributed by atoms with Crippen molar-refractivity contribution in [3.05, 3.63) is 30.1 Å². The number of esters is 1. The van der Waals surface area contributed by atoms with E-state index >= 15 is 0 Å². The molecule has 0 amide bonds. The summed E-state index contributed by atoms with van der Waals surface area (Å²) in [5.41, 5.74) is 1.13. The highest BCUT2D eigenvalue weighted by Gasteiger charge is 2.17. The summed E-state index contributed by atoms with van der Waals surface area (Å²) in [6, 6.07) is 3.86. The molecule has 0 radical (unpaired) electrons. The molecule has 0 fully saturated rings. The van der Waals surface area contributed by atoms with Crippen LogP contribution in [0.4, 0.5) is 0 Å². The lowest BCUT2D eigenvalue weighted by molar-refractivity contribution is -0.148. The SMILES string of the molecule is CCOC(=O)C(CC)Cc1ccncc1. The maximum absolute atomic E-state index is 11.5. The topological polar surface area (TPSA) is 39.2 Å². The number of ether oxygens (including phenoxy) is 1. The van der Waals surface area contributed by atoms with E-state index in [1.54, 1.807) is 12.4 Å². The first kappa shape index (κ1) is 11.7. The number of carbonyl (C=O) groups is 1. The zero-order chi connectivity index (χ0) is 11.1. The van der Waals surface area contributed by atoms with Crippen LogP contribution in [0.1, 0.15) is 25.8 Å². The molecule has 0 bridgehead atoms.